The molecule has 0 aliphatic heterocycles. The van der Waals surface area contributed by atoms with E-state index < -0.39 is 0 Å². The molecule has 1 heterocycles. The summed E-state index contributed by atoms with van der Waals surface area (Å²) in [5.74, 6) is -0.249. The van der Waals surface area contributed by atoms with Gasteiger partial charge in [0, 0.05) is 17.7 Å². The van der Waals surface area contributed by atoms with Crippen LogP contribution in [0, 0.1) is 5.82 Å². The zero-order valence-corrected chi connectivity index (χ0v) is 13.5. The molecule has 1 amide bonds. The Kier molecular flexibility index (Phi) is 5.03. The number of thiophene rings is 1. The Labute approximate surface area is 139 Å². The molecule has 2 nitrogen and oxygen atoms in total. The van der Waals surface area contributed by atoms with Crippen LogP contribution in [0.15, 0.2) is 53.9 Å². The standard InChI is InChI=1S/C19H18FNOS/c20-16-5-3-4-14(12-16)8-9-19(22)21-11-10-15-13-23-18-7-2-1-6-17(15)18/h1-7,12-13H,8-11H2,(H,21,22). The van der Waals surface area contributed by atoms with Crippen LogP contribution in [0.2, 0.25) is 0 Å². The molecule has 118 valence electrons. The average Bonchev–Trinajstić information content (AvgIpc) is 2.97. The number of benzene rings is 2. The second-order valence-electron chi connectivity index (χ2n) is 5.49. The van der Waals surface area contributed by atoms with Gasteiger partial charge in [0.1, 0.15) is 5.82 Å². The lowest BCUT2D eigenvalue weighted by Crippen LogP contribution is -2.25. The number of amides is 1. The molecule has 3 aromatic rings. The smallest absolute Gasteiger partial charge is 0.220 e. The molecule has 0 saturated carbocycles. The van der Waals surface area contributed by atoms with Gasteiger partial charge < -0.3 is 5.32 Å². The molecular weight excluding hydrogens is 309 g/mol. The van der Waals surface area contributed by atoms with Gasteiger partial charge in [-0.3, -0.25) is 4.79 Å². The van der Waals surface area contributed by atoms with E-state index in [1.165, 1.54) is 27.8 Å². The minimum atomic E-state index is -0.257. The van der Waals surface area contributed by atoms with Gasteiger partial charge in [-0.1, -0.05) is 30.3 Å². The third kappa shape index (κ3) is 4.17. The molecule has 0 bridgehead atoms. The number of aryl methyl sites for hydroxylation is 1. The van der Waals surface area contributed by atoms with Crippen molar-refractivity contribution in [3.63, 3.8) is 0 Å². The molecule has 4 heteroatoms. The Bertz CT molecular complexity index is 812. The molecule has 3 rings (SSSR count). The first-order chi connectivity index (χ1) is 11.2. The lowest BCUT2D eigenvalue weighted by molar-refractivity contribution is -0.121. The number of hydrogen-bond acceptors (Lipinski definition) is 2. The number of nitrogens with one attached hydrogen (secondary N) is 1. The highest BCUT2D eigenvalue weighted by molar-refractivity contribution is 7.17. The Morgan fingerprint density at radius 1 is 1.09 bits per heavy atom. The van der Waals surface area contributed by atoms with E-state index in [1.807, 2.05) is 18.2 Å². The summed E-state index contributed by atoms with van der Waals surface area (Å²) in [6.45, 7) is 0.628. The molecule has 0 atom stereocenters. The first-order valence-corrected chi connectivity index (χ1v) is 8.56. The van der Waals surface area contributed by atoms with Gasteiger partial charge in [0.05, 0.1) is 0 Å². The highest BCUT2D eigenvalue weighted by atomic mass is 32.1. The minimum Gasteiger partial charge on any atom is -0.356 e. The maximum Gasteiger partial charge on any atom is 0.220 e. The summed E-state index contributed by atoms with van der Waals surface area (Å²) in [6, 6.07) is 14.7. The fourth-order valence-corrected chi connectivity index (χ4v) is 3.60. The van der Waals surface area contributed by atoms with Crippen LogP contribution in [0.1, 0.15) is 17.5 Å². The van der Waals surface area contributed by atoms with Gasteiger partial charge in [-0.25, -0.2) is 4.39 Å². The maximum atomic E-state index is 13.1. The van der Waals surface area contributed by atoms with Gasteiger partial charge in [-0.2, -0.15) is 0 Å². The highest BCUT2D eigenvalue weighted by Gasteiger charge is 2.05. The largest absolute Gasteiger partial charge is 0.356 e. The summed E-state index contributed by atoms with van der Waals surface area (Å²) in [7, 11) is 0. The lowest BCUT2D eigenvalue weighted by Gasteiger charge is -2.05. The van der Waals surface area contributed by atoms with Crippen LogP contribution >= 0.6 is 11.3 Å². The second-order valence-corrected chi connectivity index (χ2v) is 6.40. The molecule has 0 fully saturated rings. The molecule has 0 aliphatic carbocycles. The zero-order valence-electron chi connectivity index (χ0n) is 12.7. The van der Waals surface area contributed by atoms with E-state index in [4.69, 9.17) is 0 Å². The summed E-state index contributed by atoms with van der Waals surface area (Å²) >= 11 is 1.73. The number of carbonyl (C=O) groups is 1. The second kappa shape index (κ2) is 7.38. The first kappa shape index (κ1) is 15.7. The highest BCUT2D eigenvalue weighted by Crippen LogP contribution is 2.25. The van der Waals surface area contributed by atoms with Crippen molar-refractivity contribution in [1.29, 1.82) is 0 Å². The molecule has 0 aliphatic rings. The number of fused-ring (bicyclic) bond motifs is 1. The zero-order chi connectivity index (χ0) is 16.1. The van der Waals surface area contributed by atoms with E-state index in [1.54, 1.807) is 17.4 Å². The quantitative estimate of drug-likeness (QED) is 0.717. The summed E-state index contributed by atoms with van der Waals surface area (Å²) in [4.78, 5) is 11.9. The fourth-order valence-electron chi connectivity index (χ4n) is 2.60. The van der Waals surface area contributed by atoms with Crippen molar-refractivity contribution in [3.05, 3.63) is 70.9 Å². The maximum absolute atomic E-state index is 13.1. The van der Waals surface area contributed by atoms with E-state index in [9.17, 15) is 9.18 Å². The fraction of sp³-hybridized carbons (Fsp3) is 0.211. The van der Waals surface area contributed by atoms with Gasteiger partial charge in [0.25, 0.3) is 0 Å². The van der Waals surface area contributed by atoms with Crippen molar-refractivity contribution < 1.29 is 9.18 Å². The van der Waals surface area contributed by atoms with Crippen molar-refractivity contribution in [2.75, 3.05) is 6.54 Å². The van der Waals surface area contributed by atoms with Crippen LogP contribution in [0.5, 0.6) is 0 Å². The third-order valence-corrected chi connectivity index (χ3v) is 4.82. The van der Waals surface area contributed by atoms with Crippen LogP contribution in [0.4, 0.5) is 4.39 Å². The van der Waals surface area contributed by atoms with Crippen molar-refractivity contribution >= 4 is 27.3 Å². The number of carbonyl (C=O) groups excluding carboxylic acids is 1. The van der Waals surface area contributed by atoms with Gasteiger partial charge in [0.15, 0.2) is 0 Å². The third-order valence-electron chi connectivity index (χ3n) is 3.81. The molecule has 1 aromatic heterocycles. The Morgan fingerprint density at radius 2 is 1.96 bits per heavy atom. The van der Waals surface area contributed by atoms with E-state index >= 15 is 0 Å². The van der Waals surface area contributed by atoms with Crippen LogP contribution in [0.25, 0.3) is 10.1 Å². The first-order valence-electron chi connectivity index (χ1n) is 7.68. The van der Waals surface area contributed by atoms with Crippen LogP contribution in [0.3, 0.4) is 0 Å². The molecule has 23 heavy (non-hydrogen) atoms. The SMILES string of the molecule is O=C(CCc1cccc(F)c1)NCCc1csc2ccccc12. The topological polar surface area (TPSA) is 29.1 Å². The molecule has 0 radical (unpaired) electrons. The molecule has 1 N–H and O–H groups in total. The molecule has 0 saturated heterocycles. The van der Waals surface area contributed by atoms with Crippen LogP contribution in [-0.4, -0.2) is 12.5 Å². The van der Waals surface area contributed by atoms with Crippen LogP contribution < -0.4 is 5.32 Å². The van der Waals surface area contributed by atoms with Crippen molar-refractivity contribution in [1.82, 2.24) is 5.32 Å². The molecular formula is C19H18FNOS. The van der Waals surface area contributed by atoms with Crippen LogP contribution in [-0.2, 0) is 17.6 Å². The van der Waals surface area contributed by atoms with E-state index in [-0.39, 0.29) is 11.7 Å². The van der Waals surface area contributed by atoms with E-state index in [2.05, 4.69) is 22.8 Å². The Hall–Kier alpha value is -2.20. The lowest BCUT2D eigenvalue weighted by atomic mass is 10.1. The number of hydrogen-bond donors (Lipinski definition) is 1. The normalized spacial score (nSPS) is 10.8. The van der Waals surface area contributed by atoms with Crippen molar-refractivity contribution in [3.8, 4) is 0 Å². The van der Waals surface area contributed by atoms with Gasteiger partial charge in [0.2, 0.25) is 5.91 Å². The average molecular weight is 327 g/mol. The van der Waals surface area contributed by atoms with Gasteiger partial charge in [-0.05, 0) is 52.9 Å². The minimum absolute atomic E-state index is 0.00814. The van der Waals surface area contributed by atoms with E-state index in [0.29, 0.717) is 19.4 Å². The number of rotatable bonds is 6. The predicted molar refractivity (Wildman–Crippen MR) is 93.3 cm³/mol. The summed E-state index contributed by atoms with van der Waals surface area (Å²) < 4.78 is 14.4. The van der Waals surface area contributed by atoms with Crippen molar-refractivity contribution in [2.24, 2.45) is 0 Å². The summed E-state index contributed by atoms with van der Waals surface area (Å²) in [5, 5.41) is 6.37. The molecule has 0 spiro atoms. The molecule has 0 unspecified atom stereocenters. The monoisotopic (exact) mass is 327 g/mol. The van der Waals surface area contributed by atoms with Gasteiger partial charge in [-0.15, -0.1) is 11.3 Å². The Balaban J connectivity index is 1.46. The predicted octanol–water partition coefficient (Wildman–Crippen LogP) is 4.33. The van der Waals surface area contributed by atoms with Gasteiger partial charge >= 0.3 is 0 Å². The summed E-state index contributed by atoms with van der Waals surface area (Å²) in [5.41, 5.74) is 2.13. The number of halogens is 1. The summed E-state index contributed by atoms with van der Waals surface area (Å²) in [6.07, 6.45) is 1.77. The Morgan fingerprint density at radius 3 is 2.83 bits per heavy atom. The van der Waals surface area contributed by atoms with Crippen molar-refractivity contribution in [2.45, 2.75) is 19.3 Å². The molecule has 2 aromatic carbocycles. The van der Waals surface area contributed by atoms with E-state index in [0.717, 1.165) is 12.0 Å².